The van der Waals surface area contributed by atoms with Crippen molar-refractivity contribution in [3.63, 3.8) is 0 Å². The molecule has 0 atom stereocenters. The molecule has 186 valence electrons. The molecule has 34 heavy (non-hydrogen) atoms. The summed E-state index contributed by atoms with van der Waals surface area (Å²) in [6, 6.07) is 4.08. The lowest BCUT2D eigenvalue weighted by molar-refractivity contribution is -0.125. The Morgan fingerprint density at radius 3 is 2.24 bits per heavy atom. The predicted octanol–water partition coefficient (Wildman–Crippen LogP) is 3.41. The van der Waals surface area contributed by atoms with Crippen molar-refractivity contribution in [3.05, 3.63) is 23.2 Å². The summed E-state index contributed by atoms with van der Waals surface area (Å²) in [5, 5.41) is 0.0326. The molecule has 2 aliphatic heterocycles. The highest BCUT2D eigenvalue weighted by atomic mass is 35.5. The molecule has 1 aromatic rings. The van der Waals surface area contributed by atoms with E-state index in [2.05, 4.69) is 0 Å². The molecule has 2 heterocycles. The topological polar surface area (TPSA) is 104 Å². The van der Waals surface area contributed by atoms with Gasteiger partial charge in [0.15, 0.2) is 0 Å². The van der Waals surface area contributed by atoms with E-state index < -0.39 is 27.1 Å². The molecule has 0 N–H and O–H groups in total. The van der Waals surface area contributed by atoms with Gasteiger partial charge in [0.2, 0.25) is 21.8 Å². The van der Waals surface area contributed by atoms with Gasteiger partial charge < -0.3 is 9.64 Å². The van der Waals surface area contributed by atoms with E-state index in [4.69, 9.17) is 16.3 Å². The number of nitrogens with zero attached hydrogens (tertiary/aromatic N) is 3. The summed E-state index contributed by atoms with van der Waals surface area (Å²) in [7, 11) is -3.88. The van der Waals surface area contributed by atoms with Gasteiger partial charge in [0, 0.05) is 32.6 Å². The zero-order valence-electron chi connectivity index (χ0n) is 19.7. The Balaban J connectivity index is 1.48. The van der Waals surface area contributed by atoms with Crippen LogP contribution in [0.25, 0.3) is 0 Å². The first-order valence-corrected chi connectivity index (χ1v) is 13.3. The largest absolute Gasteiger partial charge is 0.444 e. The molecule has 3 fully saturated rings. The van der Waals surface area contributed by atoms with Crippen LogP contribution in [0.5, 0.6) is 0 Å². The van der Waals surface area contributed by atoms with Crippen LogP contribution < -0.4 is 4.90 Å². The maximum absolute atomic E-state index is 13.2. The zero-order valence-corrected chi connectivity index (χ0v) is 21.2. The third-order valence-electron chi connectivity index (χ3n) is 6.64. The smallest absolute Gasteiger partial charge is 0.410 e. The van der Waals surface area contributed by atoms with Crippen LogP contribution in [0, 0.1) is 5.41 Å². The van der Waals surface area contributed by atoms with E-state index >= 15 is 0 Å². The molecule has 0 radical (unpaired) electrons. The number of carbonyl (C=O) groups excluding carboxylic acids is 3. The number of anilines is 1. The molecule has 11 heteroatoms. The first kappa shape index (κ1) is 24.9. The number of hydrogen-bond acceptors (Lipinski definition) is 6. The molecule has 0 aromatic heterocycles. The number of hydrogen-bond donors (Lipinski definition) is 0. The molecular formula is C23H30ClN3O6S. The number of halogens is 1. The summed E-state index contributed by atoms with van der Waals surface area (Å²) >= 11 is 6.41. The van der Waals surface area contributed by atoms with Gasteiger partial charge in [-0.25, -0.2) is 18.1 Å². The molecular weight excluding hydrogens is 482 g/mol. The number of ether oxygens (including phenoxy) is 1. The van der Waals surface area contributed by atoms with Crippen LogP contribution in [0.3, 0.4) is 0 Å². The molecule has 1 spiro atoms. The van der Waals surface area contributed by atoms with Crippen LogP contribution >= 0.6 is 11.6 Å². The van der Waals surface area contributed by atoms with E-state index in [1.807, 2.05) is 0 Å². The highest BCUT2D eigenvalue weighted by Crippen LogP contribution is 2.49. The fraction of sp³-hybridized carbons (Fsp3) is 0.609. The first-order valence-electron chi connectivity index (χ1n) is 11.5. The third-order valence-corrected chi connectivity index (χ3v) is 8.84. The SMILES string of the molecule is CC(C)(C)OC(=O)N1CCN(S(=O)(=O)c2ccc(N3C(=O)CC4(CCCC4)C3=O)c(Cl)c2)CC1. The molecule has 0 bridgehead atoms. The molecule has 3 aliphatic rings. The second-order valence-electron chi connectivity index (χ2n) is 10.2. The van der Waals surface area contributed by atoms with E-state index in [0.29, 0.717) is 12.8 Å². The maximum atomic E-state index is 13.2. The summed E-state index contributed by atoms with van der Waals surface area (Å²) in [6.07, 6.45) is 2.90. The first-order chi connectivity index (χ1) is 15.8. The highest BCUT2D eigenvalue weighted by Gasteiger charge is 2.53. The van der Waals surface area contributed by atoms with E-state index in [1.165, 1.54) is 27.4 Å². The van der Waals surface area contributed by atoms with Gasteiger partial charge in [0.05, 0.1) is 21.0 Å². The van der Waals surface area contributed by atoms with Crippen LogP contribution in [0.2, 0.25) is 5.02 Å². The quantitative estimate of drug-likeness (QED) is 0.576. The van der Waals surface area contributed by atoms with Gasteiger partial charge in [0.25, 0.3) is 0 Å². The number of rotatable bonds is 3. The van der Waals surface area contributed by atoms with Crippen LogP contribution in [-0.2, 0) is 24.3 Å². The minimum Gasteiger partial charge on any atom is -0.444 e. The van der Waals surface area contributed by atoms with E-state index in [9.17, 15) is 22.8 Å². The van der Waals surface area contributed by atoms with E-state index in [0.717, 1.165) is 17.7 Å². The fourth-order valence-corrected chi connectivity index (χ4v) is 6.68. The average molecular weight is 512 g/mol. The summed E-state index contributed by atoms with van der Waals surface area (Å²) in [4.78, 5) is 40.6. The Hall–Kier alpha value is -2.17. The molecule has 4 rings (SSSR count). The van der Waals surface area contributed by atoms with Gasteiger partial charge in [-0.1, -0.05) is 24.4 Å². The molecule has 1 saturated carbocycles. The van der Waals surface area contributed by atoms with Gasteiger partial charge in [-0.15, -0.1) is 0 Å². The highest BCUT2D eigenvalue weighted by molar-refractivity contribution is 7.89. The predicted molar refractivity (Wildman–Crippen MR) is 126 cm³/mol. The standard InChI is InChI=1S/C23H30ClN3O6S/c1-22(2,3)33-21(30)25-10-12-26(13-11-25)34(31,32)16-6-7-18(17(24)14-16)27-19(28)15-23(20(27)29)8-4-5-9-23/h6-7,14H,4-5,8-13,15H2,1-3H3. The van der Waals surface area contributed by atoms with Crippen molar-refractivity contribution in [3.8, 4) is 0 Å². The third kappa shape index (κ3) is 4.55. The molecule has 0 unspecified atom stereocenters. The van der Waals surface area contributed by atoms with Gasteiger partial charge >= 0.3 is 6.09 Å². The van der Waals surface area contributed by atoms with Gasteiger partial charge in [-0.05, 0) is 51.8 Å². The molecule has 1 aliphatic carbocycles. The minimum absolute atomic E-state index is 0.0263. The zero-order chi connectivity index (χ0) is 24.9. The summed E-state index contributed by atoms with van der Waals surface area (Å²) in [5.41, 5.74) is -1.05. The molecule has 1 aromatic carbocycles. The maximum Gasteiger partial charge on any atom is 0.410 e. The normalized spacial score (nSPS) is 21.5. The van der Waals surface area contributed by atoms with Crippen molar-refractivity contribution in [2.24, 2.45) is 5.41 Å². The van der Waals surface area contributed by atoms with Crippen molar-refractivity contribution in [1.29, 1.82) is 0 Å². The van der Waals surface area contributed by atoms with Crippen molar-refractivity contribution >= 4 is 45.2 Å². The number of sulfonamides is 1. The lowest BCUT2D eigenvalue weighted by Gasteiger charge is -2.35. The Morgan fingerprint density at radius 1 is 1.06 bits per heavy atom. The number of benzene rings is 1. The molecule has 2 saturated heterocycles. The van der Waals surface area contributed by atoms with Crippen molar-refractivity contribution in [1.82, 2.24) is 9.21 Å². The van der Waals surface area contributed by atoms with Gasteiger partial charge in [0.1, 0.15) is 5.60 Å². The number of carbonyl (C=O) groups is 3. The minimum atomic E-state index is -3.88. The Morgan fingerprint density at radius 2 is 1.68 bits per heavy atom. The van der Waals surface area contributed by atoms with Crippen molar-refractivity contribution in [2.75, 3.05) is 31.1 Å². The molecule has 3 amide bonds. The van der Waals surface area contributed by atoms with Gasteiger partial charge in [-0.2, -0.15) is 4.31 Å². The number of imide groups is 1. The van der Waals surface area contributed by atoms with E-state index in [-0.39, 0.29) is 60.0 Å². The van der Waals surface area contributed by atoms with Crippen LogP contribution in [0.1, 0.15) is 52.9 Å². The van der Waals surface area contributed by atoms with Crippen LogP contribution in [0.15, 0.2) is 23.1 Å². The van der Waals surface area contributed by atoms with Gasteiger partial charge in [-0.3, -0.25) is 9.59 Å². The fourth-order valence-electron chi connectivity index (χ4n) is 4.90. The number of piperazine rings is 1. The monoisotopic (exact) mass is 511 g/mol. The second-order valence-corrected chi connectivity index (χ2v) is 12.5. The summed E-state index contributed by atoms with van der Waals surface area (Å²) in [5.74, 6) is -0.548. The number of amides is 3. The Bertz CT molecular complexity index is 1120. The van der Waals surface area contributed by atoms with Crippen molar-refractivity contribution in [2.45, 2.75) is 63.4 Å². The molecule has 9 nitrogen and oxygen atoms in total. The Labute approximate surface area is 205 Å². The van der Waals surface area contributed by atoms with Crippen molar-refractivity contribution < 1.29 is 27.5 Å². The Kier molecular flexibility index (Phi) is 6.46. The second kappa shape index (κ2) is 8.80. The van der Waals surface area contributed by atoms with E-state index in [1.54, 1.807) is 20.8 Å². The average Bonchev–Trinajstić information content (AvgIpc) is 3.32. The van der Waals surface area contributed by atoms with Crippen LogP contribution in [-0.4, -0.2) is 67.3 Å². The summed E-state index contributed by atoms with van der Waals surface area (Å²) in [6.45, 7) is 5.97. The lowest BCUT2D eigenvalue weighted by atomic mass is 9.84. The lowest BCUT2D eigenvalue weighted by Crippen LogP contribution is -2.51. The summed E-state index contributed by atoms with van der Waals surface area (Å²) < 4.78 is 33.0. The van der Waals surface area contributed by atoms with Crippen LogP contribution in [0.4, 0.5) is 10.5 Å².